The van der Waals surface area contributed by atoms with E-state index in [1.54, 1.807) is 7.11 Å². The van der Waals surface area contributed by atoms with E-state index in [9.17, 15) is 0 Å². The minimum Gasteiger partial charge on any atom is -0.493 e. The van der Waals surface area contributed by atoms with Gasteiger partial charge in [-0.05, 0) is 54.2 Å². The van der Waals surface area contributed by atoms with E-state index in [0.717, 1.165) is 35.7 Å². The van der Waals surface area contributed by atoms with Gasteiger partial charge >= 0.3 is 0 Å². The van der Waals surface area contributed by atoms with Gasteiger partial charge in [0.05, 0.1) is 19.8 Å². The highest BCUT2D eigenvalue weighted by Gasteiger charge is 2.23. The summed E-state index contributed by atoms with van der Waals surface area (Å²) in [5.74, 6) is 1.43. The van der Waals surface area contributed by atoms with Crippen LogP contribution >= 0.6 is 11.6 Å². The molecule has 136 valence electrons. The molecule has 0 fully saturated rings. The number of benzene rings is 2. The molecule has 0 bridgehead atoms. The van der Waals surface area contributed by atoms with Crippen LogP contribution in [0.2, 0.25) is 5.02 Å². The van der Waals surface area contributed by atoms with Gasteiger partial charge in [-0.25, -0.2) is 0 Å². The van der Waals surface area contributed by atoms with Gasteiger partial charge in [0.2, 0.25) is 0 Å². The normalized spacial score (nSPS) is 15.3. The fourth-order valence-corrected chi connectivity index (χ4v) is 3.62. The van der Waals surface area contributed by atoms with Gasteiger partial charge in [0.25, 0.3) is 0 Å². The predicted octanol–water partition coefficient (Wildman–Crippen LogP) is 4.81. The number of nitrogens with one attached hydrogen (secondary N) is 1. The molecule has 1 unspecified atom stereocenters. The third kappa shape index (κ3) is 4.30. The van der Waals surface area contributed by atoms with Crippen molar-refractivity contribution in [2.24, 2.45) is 0 Å². The van der Waals surface area contributed by atoms with Crippen molar-refractivity contribution in [1.29, 1.82) is 5.26 Å². The van der Waals surface area contributed by atoms with Crippen LogP contribution in [0.15, 0.2) is 36.4 Å². The van der Waals surface area contributed by atoms with Crippen molar-refractivity contribution < 1.29 is 9.47 Å². The summed E-state index contributed by atoms with van der Waals surface area (Å²) in [6.45, 7) is 1.25. The van der Waals surface area contributed by atoms with E-state index in [-0.39, 0.29) is 0 Å². The monoisotopic (exact) mass is 370 g/mol. The maximum atomic E-state index is 8.62. The Morgan fingerprint density at radius 2 is 2.15 bits per heavy atom. The van der Waals surface area contributed by atoms with Crippen LogP contribution in [0.3, 0.4) is 0 Å². The van der Waals surface area contributed by atoms with E-state index in [1.807, 2.05) is 30.3 Å². The molecule has 5 heteroatoms. The van der Waals surface area contributed by atoms with Crippen LogP contribution in [0.4, 0.5) is 0 Å². The number of unbranched alkanes of at least 4 members (excludes halogenated alkanes) is 1. The average molecular weight is 371 g/mol. The Morgan fingerprint density at radius 1 is 1.27 bits per heavy atom. The Morgan fingerprint density at radius 3 is 2.96 bits per heavy atom. The second-order valence-corrected chi connectivity index (χ2v) is 6.78. The van der Waals surface area contributed by atoms with Gasteiger partial charge in [0.15, 0.2) is 11.5 Å². The summed E-state index contributed by atoms with van der Waals surface area (Å²) in [4.78, 5) is 0. The molecule has 0 radical (unpaired) electrons. The van der Waals surface area contributed by atoms with Crippen molar-refractivity contribution in [2.45, 2.75) is 38.3 Å². The highest BCUT2D eigenvalue weighted by Crippen LogP contribution is 2.36. The number of hydrogen-bond acceptors (Lipinski definition) is 4. The lowest BCUT2D eigenvalue weighted by Gasteiger charge is -2.16. The van der Waals surface area contributed by atoms with E-state index in [0.29, 0.717) is 31.2 Å². The molecule has 2 aromatic rings. The molecule has 0 aromatic heterocycles. The minimum atomic E-state index is 0.325. The topological polar surface area (TPSA) is 54.3 Å². The van der Waals surface area contributed by atoms with Crippen molar-refractivity contribution in [3.05, 3.63) is 58.1 Å². The quantitative estimate of drug-likeness (QED) is 0.677. The summed E-state index contributed by atoms with van der Waals surface area (Å²) in [7, 11) is 1.63. The fraction of sp³-hybridized carbons (Fsp3) is 0.381. The zero-order valence-electron chi connectivity index (χ0n) is 14.9. The Bertz CT molecular complexity index is 801. The number of nitrogens with zero attached hydrogens (tertiary/aromatic N) is 1. The van der Waals surface area contributed by atoms with E-state index in [4.69, 9.17) is 26.3 Å². The van der Waals surface area contributed by atoms with E-state index in [1.165, 1.54) is 11.1 Å². The SMILES string of the molecule is COc1ccc(CNC2CCc3c(Cl)cccc32)cc1OCCCC#N. The minimum absolute atomic E-state index is 0.325. The van der Waals surface area contributed by atoms with Crippen LogP contribution in [0.25, 0.3) is 0 Å². The molecule has 1 aliphatic rings. The van der Waals surface area contributed by atoms with Gasteiger partial charge in [-0.1, -0.05) is 29.8 Å². The molecule has 0 spiro atoms. The number of nitriles is 1. The first-order chi connectivity index (χ1) is 12.7. The largest absolute Gasteiger partial charge is 0.493 e. The van der Waals surface area contributed by atoms with Crippen molar-refractivity contribution in [1.82, 2.24) is 5.32 Å². The molecule has 2 aromatic carbocycles. The summed E-state index contributed by atoms with van der Waals surface area (Å²) in [5.41, 5.74) is 3.71. The van der Waals surface area contributed by atoms with Crippen molar-refractivity contribution in [3.8, 4) is 17.6 Å². The van der Waals surface area contributed by atoms with Crippen LogP contribution in [0.1, 0.15) is 42.0 Å². The average Bonchev–Trinajstić information content (AvgIpc) is 3.08. The van der Waals surface area contributed by atoms with Crippen molar-refractivity contribution >= 4 is 11.6 Å². The third-order valence-electron chi connectivity index (χ3n) is 4.68. The van der Waals surface area contributed by atoms with Gasteiger partial charge < -0.3 is 14.8 Å². The molecule has 0 saturated carbocycles. The third-order valence-corrected chi connectivity index (χ3v) is 5.04. The zero-order valence-corrected chi connectivity index (χ0v) is 15.7. The van der Waals surface area contributed by atoms with Gasteiger partial charge in [-0.15, -0.1) is 0 Å². The first-order valence-electron chi connectivity index (χ1n) is 8.90. The molecular formula is C21H23ClN2O2. The summed E-state index contributed by atoms with van der Waals surface area (Å²) in [5, 5.41) is 13.1. The predicted molar refractivity (Wildman–Crippen MR) is 103 cm³/mol. The van der Waals surface area contributed by atoms with E-state index >= 15 is 0 Å². The lowest BCUT2D eigenvalue weighted by Crippen LogP contribution is -2.18. The number of halogens is 1. The Hall–Kier alpha value is -2.22. The number of hydrogen-bond donors (Lipinski definition) is 1. The van der Waals surface area contributed by atoms with Gasteiger partial charge in [-0.2, -0.15) is 5.26 Å². The van der Waals surface area contributed by atoms with Crippen LogP contribution < -0.4 is 14.8 Å². The molecule has 3 rings (SSSR count). The first-order valence-corrected chi connectivity index (χ1v) is 9.28. The molecule has 1 N–H and O–H groups in total. The lowest BCUT2D eigenvalue weighted by molar-refractivity contribution is 0.290. The van der Waals surface area contributed by atoms with Gasteiger partial charge in [-0.3, -0.25) is 0 Å². The van der Waals surface area contributed by atoms with Crippen LogP contribution in [-0.2, 0) is 13.0 Å². The maximum Gasteiger partial charge on any atom is 0.161 e. The molecule has 0 heterocycles. The molecule has 1 aliphatic carbocycles. The molecule has 4 nitrogen and oxygen atoms in total. The fourth-order valence-electron chi connectivity index (χ4n) is 3.34. The Kier molecular flexibility index (Phi) is 6.38. The summed E-state index contributed by atoms with van der Waals surface area (Å²) in [6, 6.07) is 14.6. The smallest absolute Gasteiger partial charge is 0.161 e. The second-order valence-electron chi connectivity index (χ2n) is 6.38. The molecule has 0 saturated heterocycles. The number of ether oxygens (including phenoxy) is 2. The summed E-state index contributed by atoms with van der Waals surface area (Å²) in [6.07, 6.45) is 3.28. The van der Waals surface area contributed by atoms with Crippen molar-refractivity contribution in [2.75, 3.05) is 13.7 Å². The molecule has 0 amide bonds. The Labute approximate surface area is 159 Å². The summed E-state index contributed by atoms with van der Waals surface area (Å²) < 4.78 is 11.2. The molecular weight excluding hydrogens is 348 g/mol. The molecule has 1 atom stereocenters. The standard InChI is InChI=1S/C21H23ClN2O2/c1-25-20-10-7-15(13-21(20)26-12-3-2-11-23)14-24-19-9-8-16-17(19)5-4-6-18(16)22/h4-7,10,13,19,24H,2-3,8-9,12,14H2,1H3. The Balaban J connectivity index is 1.64. The maximum absolute atomic E-state index is 8.62. The molecule has 26 heavy (non-hydrogen) atoms. The second kappa shape index (κ2) is 8.93. The van der Waals surface area contributed by atoms with E-state index < -0.39 is 0 Å². The lowest BCUT2D eigenvalue weighted by atomic mass is 10.1. The van der Waals surface area contributed by atoms with Gasteiger partial charge in [0.1, 0.15) is 0 Å². The van der Waals surface area contributed by atoms with E-state index in [2.05, 4.69) is 17.5 Å². The number of fused-ring (bicyclic) bond motifs is 1. The van der Waals surface area contributed by atoms with Crippen molar-refractivity contribution in [3.63, 3.8) is 0 Å². The highest BCUT2D eigenvalue weighted by atomic mass is 35.5. The zero-order chi connectivity index (χ0) is 18.4. The van der Waals surface area contributed by atoms with Gasteiger partial charge in [0, 0.05) is 24.0 Å². The first kappa shape index (κ1) is 18.6. The van der Waals surface area contributed by atoms with Crippen LogP contribution in [0, 0.1) is 11.3 Å². The molecule has 0 aliphatic heterocycles. The summed E-state index contributed by atoms with van der Waals surface area (Å²) >= 11 is 6.30. The van der Waals surface area contributed by atoms with Crippen LogP contribution in [-0.4, -0.2) is 13.7 Å². The number of methoxy groups -OCH3 is 1. The number of rotatable bonds is 8. The highest BCUT2D eigenvalue weighted by molar-refractivity contribution is 6.31. The van der Waals surface area contributed by atoms with Crippen LogP contribution in [0.5, 0.6) is 11.5 Å².